The quantitative estimate of drug-likeness (QED) is 0.336. The van der Waals surface area contributed by atoms with Crippen molar-refractivity contribution in [2.24, 2.45) is 0 Å². The molecule has 1 atom stereocenters. The van der Waals surface area contributed by atoms with E-state index in [0.717, 1.165) is 24.6 Å². The van der Waals surface area contributed by atoms with E-state index in [4.69, 9.17) is 45.5 Å². The van der Waals surface area contributed by atoms with Crippen LogP contribution in [0.2, 0.25) is 5.02 Å². The molecule has 0 saturated carbocycles. The molecule has 154 valence electrons. The fourth-order valence-corrected chi connectivity index (χ4v) is 4.44. The van der Waals surface area contributed by atoms with Crippen molar-refractivity contribution < 1.29 is 13.9 Å². The summed E-state index contributed by atoms with van der Waals surface area (Å²) in [6.07, 6.45) is 4.23. The molecule has 1 fully saturated rings. The van der Waals surface area contributed by atoms with Crippen LogP contribution in [0.3, 0.4) is 0 Å². The normalized spacial score (nSPS) is 16.9. The van der Waals surface area contributed by atoms with Crippen molar-refractivity contribution in [2.45, 2.75) is 25.5 Å². The number of fused-ring (bicyclic) bond motifs is 2. The number of nitrogens with zero attached hydrogens (tertiary/aromatic N) is 2. The molecule has 6 nitrogen and oxygen atoms in total. The lowest BCUT2D eigenvalue weighted by Gasteiger charge is -2.23. The van der Waals surface area contributed by atoms with Gasteiger partial charge in [-0.25, -0.2) is 9.07 Å². The van der Waals surface area contributed by atoms with Crippen LogP contribution in [-0.4, -0.2) is 26.4 Å². The summed E-state index contributed by atoms with van der Waals surface area (Å²) < 4.78 is 29.2. The fourth-order valence-electron chi connectivity index (χ4n) is 3.71. The number of benzene rings is 2. The number of H-pyrrole nitrogens is 2. The van der Waals surface area contributed by atoms with Crippen LogP contribution in [0.5, 0.6) is 11.5 Å². The molecule has 3 heterocycles. The predicted molar refractivity (Wildman–Crippen MR) is 118 cm³/mol. The average Bonchev–Trinajstić information content (AvgIpc) is 3.15. The molecule has 1 aliphatic rings. The van der Waals surface area contributed by atoms with Crippen LogP contribution < -0.4 is 4.74 Å². The van der Waals surface area contributed by atoms with Crippen LogP contribution in [0.25, 0.3) is 21.8 Å². The zero-order chi connectivity index (χ0) is 20.8. The maximum atomic E-state index is 14.7. The Morgan fingerprint density at radius 1 is 1.23 bits per heavy atom. The van der Waals surface area contributed by atoms with E-state index >= 15 is 0 Å². The van der Waals surface area contributed by atoms with Crippen LogP contribution >= 0.6 is 36.0 Å². The first-order valence-corrected chi connectivity index (χ1v) is 10.6. The minimum absolute atomic E-state index is 0.122. The van der Waals surface area contributed by atoms with E-state index < -0.39 is 5.82 Å². The van der Waals surface area contributed by atoms with E-state index in [2.05, 4.69) is 15.1 Å². The third-order valence-corrected chi connectivity index (χ3v) is 6.01. The zero-order valence-electron chi connectivity index (χ0n) is 15.6. The highest BCUT2D eigenvalue weighted by atomic mass is 35.5. The summed E-state index contributed by atoms with van der Waals surface area (Å²) in [6.45, 7) is 0.654. The molecule has 0 amide bonds. The van der Waals surface area contributed by atoms with Gasteiger partial charge in [-0.15, -0.1) is 0 Å². The van der Waals surface area contributed by atoms with Gasteiger partial charge in [0.25, 0.3) is 0 Å². The maximum absolute atomic E-state index is 14.7. The van der Waals surface area contributed by atoms with Gasteiger partial charge in [-0.2, -0.15) is 5.10 Å². The highest BCUT2D eigenvalue weighted by Gasteiger charge is 2.23. The molecule has 2 aromatic heterocycles. The Morgan fingerprint density at radius 2 is 2.10 bits per heavy atom. The monoisotopic (exact) mass is 462 g/mol. The second-order valence-electron chi connectivity index (χ2n) is 7.03. The van der Waals surface area contributed by atoms with Gasteiger partial charge < -0.3 is 19.4 Å². The van der Waals surface area contributed by atoms with E-state index in [1.54, 1.807) is 23.0 Å². The van der Waals surface area contributed by atoms with Crippen LogP contribution in [0, 0.1) is 15.2 Å². The lowest BCUT2D eigenvalue weighted by atomic mass is 10.2. The first kappa shape index (κ1) is 19.6. The Bertz CT molecular complexity index is 1390. The summed E-state index contributed by atoms with van der Waals surface area (Å²) in [5, 5.41) is 5.63. The van der Waals surface area contributed by atoms with E-state index in [1.807, 2.05) is 6.07 Å². The van der Waals surface area contributed by atoms with Crippen molar-refractivity contribution in [3.63, 3.8) is 0 Å². The Hall–Kier alpha value is -2.33. The summed E-state index contributed by atoms with van der Waals surface area (Å²) >= 11 is 16.9. The van der Waals surface area contributed by atoms with Crippen LogP contribution in [-0.2, 0) is 4.74 Å². The van der Waals surface area contributed by atoms with E-state index in [9.17, 15) is 4.39 Å². The molecular formula is C20H16ClFN4O2S2. The largest absolute Gasteiger partial charge is 0.453 e. The van der Waals surface area contributed by atoms with Crippen molar-refractivity contribution in [3.8, 4) is 11.5 Å². The highest BCUT2D eigenvalue weighted by molar-refractivity contribution is 7.72. The van der Waals surface area contributed by atoms with Crippen molar-refractivity contribution in [2.75, 3.05) is 6.61 Å². The van der Waals surface area contributed by atoms with Gasteiger partial charge in [-0.05, 0) is 43.6 Å². The molecule has 1 unspecified atom stereocenters. The molecule has 1 aliphatic heterocycles. The summed E-state index contributed by atoms with van der Waals surface area (Å²) in [7, 11) is 0. The molecule has 2 aromatic carbocycles. The number of aromatic nitrogens is 4. The van der Waals surface area contributed by atoms with Crippen molar-refractivity contribution in [3.05, 3.63) is 50.7 Å². The summed E-state index contributed by atoms with van der Waals surface area (Å²) in [5.41, 5.74) is 1.16. The molecule has 0 aliphatic carbocycles. The molecule has 0 spiro atoms. The minimum Gasteiger partial charge on any atom is -0.453 e. The van der Waals surface area contributed by atoms with Crippen molar-refractivity contribution in [1.82, 2.24) is 19.7 Å². The Labute approximate surface area is 185 Å². The number of aromatic amines is 2. The molecular weight excluding hydrogens is 447 g/mol. The first-order chi connectivity index (χ1) is 14.5. The topological polar surface area (TPSA) is 67.9 Å². The second-order valence-corrected chi connectivity index (χ2v) is 8.23. The van der Waals surface area contributed by atoms with Crippen LogP contribution in [0.1, 0.15) is 25.5 Å². The minimum atomic E-state index is -0.595. The van der Waals surface area contributed by atoms with E-state index in [1.165, 1.54) is 6.07 Å². The van der Waals surface area contributed by atoms with Gasteiger partial charge in [0.1, 0.15) is 15.5 Å². The Morgan fingerprint density at radius 3 is 2.90 bits per heavy atom. The highest BCUT2D eigenvalue weighted by Crippen LogP contribution is 2.41. The molecule has 5 rings (SSSR count). The third kappa shape index (κ3) is 3.31. The van der Waals surface area contributed by atoms with Crippen molar-refractivity contribution in [1.29, 1.82) is 0 Å². The number of ether oxygens (including phenoxy) is 2. The van der Waals surface area contributed by atoms with Gasteiger partial charge in [0.05, 0.1) is 22.6 Å². The molecule has 2 N–H and O–H groups in total. The standard InChI is InChI=1S/C20H16ClFN4O2S2/c21-16-12(22)8-13-11(9-23-26(13)15-6-1-2-7-27-15)18(16)28-14-5-3-4-10-17(14)24-20(30)25-19(10)29/h3-5,8-9,15H,1-2,6-7H2,(H2,24,25,29,30). The van der Waals surface area contributed by atoms with Gasteiger partial charge in [0.2, 0.25) is 0 Å². The predicted octanol–water partition coefficient (Wildman–Crippen LogP) is 6.59. The molecule has 4 aromatic rings. The van der Waals surface area contributed by atoms with E-state index in [0.29, 0.717) is 38.2 Å². The second kappa shape index (κ2) is 7.73. The SMILES string of the molecule is Fc1cc2c(cnn2C2CCCCO2)c(Oc2cccc3c(=S)[nH]c(=S)[nH]c23)c1Cl. The third-order valence-electron chi connectivity index (χ3n) is 5.13. The van der Waals surface area contributed by atoms with Crippen molar-refractivity contribution >= 4 is 57.8 Å². The number of para-hydroxylation sites is 1. The molecule has 10 heteroatoms. The van der Waals surface area contributed by atoms with Gasteiger partial charge in [-0.3, -0.25) is 0 Å². The maximum Gasteiger partial charge on any atom is 0.176 e. The number of hydrogen-bond donors (Lipinski definition) is 2. The molecule has 1 saturated heterocycles. The van der Waals surface area contributed by atoms with Crippen LogP contribution in [0.15, 0.2) is 30.5 Å². The first-order valence-electron chi connectivity index (χ1n) is 9.43. The zero-order valence-corrected chi connectivity index (χ0v) is 18.0. The molecule has 0 radical (unpaired) electrons. The number of halogens is 2. The lowest BCUT2D eigenvalue weighted by molar-refractivity contribution is -0.0366. The number of nitrogens with one attached hydrogen (secondary N) is 2. The van der Waals surface area contributed by atoms with Gasteiger partial charge >= 0.3 is 0 Å². The van der Waals surface area contributed by atoms with Crippen LogP contribution in [0.4, 0.5) is 4.39 Å². The number of hydrogen-bond acceptors (Lipinski definition) is 5. The van der Waals surface area contributed by atoms with Gasteiger partial charge in [0, 0.05) is 18.1 Å². The Kier molecular flexibility index (Phi) is 5.06. The fraction of sp³-hybridized carbons (Fsp3) is 0.250. The summed E-state index contributed by atoms with van der Waals surface area (Å²) in [6, 6.07) is 6.74. The Balaban J connectivity index is 1.67. The molecule has 0 bridgehead atoms. The average molecular weight is 463 g/mol. The lowest BCUT2D eigenvalue weighted by Crippen LogP contribution is -2.19. The summed E-state index contributed by atoms with van der Waals surface area (Å²) in [4.78, 5) is 5.95. The number of rotatable bonds is 3. The smallest absolute Gasteiger partial charge is 0.176 e. The van der Waals surface area contributed by atoms with Gasteiger partial charge in [-0.1, -0.05) is 29.9 Å². The van der Waals surface area contributed by atoms with Gasteiger partial charge in [0.15, 0.2) is 22.5 Å². The molecule has 30 heavy (non-hydrogen) atoms. The van der Waals surface area contributed by atoms with E-state index in [-0.39, 0.29) is 17.0 Å². The summed E-state index contributed by atoms with van der Waals surface area (Å²) in [5.74, 6) is 0.00987.